The third kappa shape index (κ3) is 7.08. The molecule has 164 valence electrons. The average Bonchev–Trinajstić information content (AvgIpc) is 2.73. The van der Waals surface area contributed by atoms with Gasteiger partial charge in [-0.2, -0.15) is 0 Å². The van der Waals surface area contributed by atoms with E-state index in [0.717, 1.165) is 30.0 Å². The molecule has 30 heavy (non-hydrogen) atoms. The molecule has 0 spiro atoms. The molecule has 0 bridgehead atoms. The van der Waals surface area contributed by atoms with Gasteiger partial charge in [-0.3, -0.25) is 4.79 Å². The van der Waals surface area contributed by atoms with E-state index in [0.29, 0.717) is 24.8 Å². The van der Waals surface area contributed by atoms with Crippen LogP contribution in [-0.2, 0) is 11.3 Å². The second kappa shape index (κ2) is 11.6. The highest BCUT2D eigenvalue weighted by Crippen LogP contribution is 2.30. The molecule has 0 radical (unpaired) electrons. The minimum Gasteiger partial charge on any atom is -0.497 e. The first-order valence-corrected chi connectivity index (χ1v) is 11.0. The molecule has 0 saturated carbocycles. The van der Waals surface area contributed by atoms with E-state index >= 15 is 0 Å². The fourth-order valence-corrected chi connectivity index (χ4v) is 3.71. The summed E-state index contributed by atoms with van der Waals surface area (Å²) in [5.41, 5.74) is 2.42. The zero-order valence-electron chi connectivity index (χ0n) is 19.4. The van der Waals surface area contributed by atoms with E-state index in [2.05, 4.69) is 38.1 Å². The van der Waals surface area contributed by atoms with Gasteiger partial charge in [0, 0.05) is 19.5 Å². The van der Waals surface area contributed by atoms with Crippen molar-refractivity contribution in [2.45, 2.75) is 66.0 Å². The normalized spacial score (nSPS) is 12.1. The van der Waals surface area contributed by atoms with Crippen LogP contribution < -0.4 is 9.47 Å². The molecular formula is C26H37NO3. The van der Waals surface area contributed by atoms with E-state index < -0.39 is 0 Å². The number of benzene rings is 2. The molecule has 4 heteroatoms. The summed E-state index contributed by atoms with van der Waals surface area (Å²) >= 11 is 0. The highest BCUT2D eigenvalue weighted by Gasteiger charge is 2.20. The van der Waals surface area contributed by atoms with Gasteiger partial charge in [-0.1, -0.05) is 45.0 Å². The summed E-state index contributed by atoms with van der Waals surface area (Å²) in [6.07, 6.45) is 1.62. The van der Waals surface area contributed by atoms with Gasteiger partial charge >= 0.3 is 0 Å². The number of methoxy groups -OCH3 is 1. The van der Waals surface area contributed by atoms with Crippen molar-refractivity contribution in [2.75, 3.05) is 13.7 Å². The van der Waals surface area contributed by atoms with Crippen LogP contribution in [-0.4, -0.2) is 30.6 Å². The van der Waals surface area contributed by atoms with Crippen molar-refractivity contribution in [3.63, 3.8) is 0 Å². The van der Waals surface area contributed by atoms with Crippen molar-refractivity contribution in [3.8, 4) is 11.5 Å². The molecule has 0 aliphatic carbocycles. The predicted octanol–water partition coefficient (Wildman–Crippen LogP) is 6.05. The summed E-state index contributed by atoms with van der Waals surface area (Å²) in [4.78, 5) is 14.6. The summed E-state index contributed by atoms with van der Waals surface area (Å²) in [5.74, 6) is 2.80. The predicted molar refractivity (Wildman–Crippen MR) is 123 cm³/mol. The van der Waals surface area contributed by atoms with E-state index in [1.165, 1.54) is 5.56 Å². The SMILES string of the molecule is CCC(=O)N(CC[C@H](c1ccc(OC(C)C)cc1)C(C)C)Cc1ccc(OC)cc1. The highest BCUT2D eigenvalue weighted by atomic mass is 16.5. The van der Waals surface area contributed by atoms with E-state index in [-0.39, 0.29) is 12.0 Å². The van der Waals surface area contributed by atoms with Crippen molar-refractivity contribution in [1.82, 2.24) is 4.90 Å². The molecule has 0 fully saturated rings. The molecule has 1 atom stereocenters. The van der Waals surface area contributed by atoms with Gasteiger partial charge in [0.05, 0.1) is 13.2 Å². The Morgan fingerprint density at radius 2 is 1.53 bits per heavy atom. The third-order valence-corrected chi connectivity index (χ3v) is 5.38. The lowest BCUT2D eigenvalue weighted by atomic mass is 9.85. The van der Waals surface area contributed by atoms with Gasteiger partial charge in [-0.05, 0) is 67.5 Å². The number of hydrogen-bond donors (Lipinski definition) is 0. The quantitative estimate of drug-likeness (QED) is 0.452. The molecule has 0 unspecified atom stereocenters. The topological polar surface area (TPSA) is 38.8 Å². The van der Waals surface area contributed by atoms with Gasteiger partial charge in [0.15, 0.2) is 0 Å². The maximum atomic E-state index is 12.6. The van der Waals surface area contributed by atoms with Crippen molar-refractivity contribution in [3.05, 3.63) is 59.7 Å². The number of carbonyl (C=O) groups is 1. The fourth-order valence-electron chi connectivity index (χ4n) is 3.71. The zero-order valence-corrected chi connectivity index (χ0v) is 19.4. The number of ether oxygens (including phenoxy) is 2. The largest absolute Gasteiger partial charge is 0.497 e. The van der Waals surface area contributed by atoms with E-state index in [1.54, 1.807) is 7.11 Å². The summed E-state index contributed by atoms with van der Waals surface area (Å²) in [6, 6.07) is 16.4. The van der Waals surface area contributed by atoms with Gasteiger partial charge in [0.1, 0.15) is 11.5 Å². The first-order valence-electron chi connectivity index (χ1n) is 11.0. The highest BCUT2D eigenvalue weighted by molar-refractivity contribution is 5.75. The lowest BCUT2D eigenvalue weighted by Gasteiger charge is -2.27. The van der Waals surface area contributed by atoms with Crippen molar-refractivity contribution in [2.24, 2.45) is 5.92 Å². The molecule has 2 rings (SSSR count). The van der Waals surface area contributed by atoms with E-state index in [9.17, 15) is 4.79 Å². The Morgan fingerprint density at radius 1 is 0.933 bits per heavy atom. The first-order chi connectivity index (χ1) is 14.3. The second-order valence-electron chi connectivity index (χ2n) is 8.39. The van der Waals surface area contributed by atoms with Gasteiger partial charge in [0.25, 0.3) is 0 Å². The van der Waals surface area contributed by atoms with Gasteiger partial charge in [-0.25, -0.2) is 0 Å². The van der Waals surface area contributed by atoms with Gasteiger partial charge in [-0.15, -0.1) is 0 Å². The van der Waals surface area contributed by atoms with E-state index in [4.69, 9.17) is 9.47 Å². The Labute approximate surface area is 182 Å². The summed E-state index contributed by atoms with van der Waals surface area (Å²) in [5, 5.41) is 0. The van der Waals surface area contributed by atoms with Crippen molar-refractivity contribution >= 4 is 5.91 Å². The van der Waals surface area contributed by atoms with Crippen LogP contribution in [0.3, 0.4) is 0 Å². The molecular weight excluding hydrogens is 374 g/mol. The number of amides is 1. The molecule has 0 N–H and O–H groups in total. The minimum atomic E-state index is 0.170. The number of rotatable bonds is 11. The minimum absolute atomic E-state index is 0.170. The molecule has 0 aliphatic heterocycles. The van der Waals surface area contributed by atoms with Crippen LogP contribution in [0.4, 0.5) is 0 Å². The molecule has 2 aromatic carbocycles. The van der Waals surface area contributed by atoms with Crippen LogP contribution in [0.2, 0.25) is 0 Å². The lowest BCUT2D eigenvalue weighted by molar-refractivity contribution is -0.131. The molecule has 0 aliphatic rings. The van der Waals surface area contributed by atoms with Crippen LogP contribution in [0.15, 0.2) is 48.5 Å². The van der Waals surface area contributed by atoms with Crippen LogP contribution in [0.5, 0.6) is 11.5 Å². The standard InChI is InChI=1S/C26H37NO3/c1-7-26(28)27(18-21-8-12-23(29-6)13-9-21)17-16-25(19(2)3)22-10-14-24(15-11-22)30-20(4)5/h8-15,19-20,25H,7,16-18H2,1-6H3/t25-/m0/s1. The zero-order chi connectivity index (χ0) is 22.1. The second-order valence-corrected chi connectivity index (χ2v) is 8.39. The summed E-state index contributed by atoms with van der Waals surface area (Å²) in [7, 11) is 1.66. The monoisotopic (exact) mass is 411 g/mol. The lowest BCUT2D eigenvalue weighted by Crippen LogP contribution is -2.32. The van der Waals surface area contributed by atoms with Crippen LogP contribution >= 0.6 is 0 Å². The molecule has 4 nitrogen and oxygen atoms in total. The van der Waals surface area contributed by atoms with Gasteiger partial charge < -0.3 is 14.4 Å². The fraction of sp³-hybridized carbons (Fsp3) is 0.500. The number of hydrogen-bond acceptors (Lipinski definition) is 3. The van der Waals surface area contributed by atoms with Crippen molar-refractivity contribution in [1.29, 1.82) is 0 Å². The molecule has 2 aromatic rings. The molecule has 0 aromatic heterocycles. The Bertz CT molecular complexity index is 766. The van der Waals surface area contributed by atoms with Crippen LogP contribution in [0.1, 0.15) is 64.5 Å². The molecule has 1 amide bonds. The maximum Gasteiger partial charge on any atom is 0.222 e. The summed E-state index contributed by atoms with van der Waals surface area (Å²) in [6.45, 7) is 11.9. The molecule has 0 heterocycles. The Hall–Kier alpha value is -2.49. The Kier molecular flexibility index (Phi) is 9.22. The van der Waals surface area contributed by atoms with Crippen LogP contribution in [0, 0.1) is 5.92 Å². The van der Waals surface area contributed by atoms with Crippen LogP contribution in [0.25, 0.3) is 0 Å². The summed E-state index contributed by atoms with van der Waals surface area (Å²) < 4.78 is 11.0. The van der Waals surface area contributed by atoms with Gasteiger partial charge in [0.2, 0.25) is 5.91 Å². The van der Waals surface area contributed by atoms with Crippen molar-refractivity contribution < 1.29 is 14.3 Å². The maximum absolute atomic E-state index is 12.6. The number of carbonyl (C=O) groups excluding carboxylic acids is 1. The van der Waals surface area contributed by atoms with E-state index in [1.807, 2.05) is 49.9 Å². The Morgan fingerprint density at radius 3 is 2.03 bits per heavy atom. The molecule has 0 saturated heterocycles. The number of nitrogens with zero attached hydrogens (tertiary/aromatic N) is 1. The average molecular weight is 412 g/mol. The third-order valence-electron chi connectivity index (χ3n) is 5.38. The Balaban J connectivity index is 2.08. The smallest absolute Gasteiger partial charge is 0.222 e. The first kappa shape index (κ1) is 23.8.